The molecule has 3 heterocycles. The van der Waals surface area contributed by atoms with Crippen LogP contribution in [-0.4, -0.2) is 19.5 Å². The van der Waals surface area contributed by atoms with Gasteiger partial charge < -0.3 is 0 Å². The van der Waals surface area contributed by atoms with Crippen molar-refractivity contribution in [1.82, 2.24) is 19.5 Å². The van der Waals surface area contributed by atoms with Gasteiger partial charge in [-0.25, -0.2) is 19.3 Å². The Morgan fingerprint density at radius 2 is 1.94 bits per heavy atom. The first-order chi connectivity index (χ1) is 16.1. The summed E-state index contributed by atoms with van der Waals surface area (Å²) in [5, 5.41) is 2.68. The number of halogens is 2. The summed E-state index contributed by atoms with van der Waals surface area (Å²) in [5.74, 6) is -0.543. The zero-order chi connectivity index (χ0) is 22.5. The summed E-state index contributed by atoms with van der Waals surface area (Å²) in [6, 6.07) is 11.4. The monoisotopic (exact) mass is 494 g/mol. The summed E-state index contributed by atoms with van der Waals surface area (Å²) in [7, 11) is 0. The molecule has 1 aliphatic carbocycles. The van der Waals surface area contributed by atoms with Crippen molar-refractivity contribution in [3.05, 3.63) is 80.4 Å². The van der Waals surface area contributed by atoms with Gasteiger partial charge in [-0.15, -0.1) is 11.3 Å². The van der Waals surface area contributed by atoms with E-state index in [1.165, 1.54) is 51.4 Å². The second kappa shape index (κ2) is 8.20. The maximum atomic E-state index is 13.9. The Hall–Kier alpha value is -2.81. The van der Waals surface area contributed by atoms with Crippen LogP contribution in [0.2, 0.25) is 5.02 Å². The molecule has 0 radical (unpaired) electrons. The summed E-state index contributed by atoms with van der Waals surface area (Å²) in [4.78, 5) is 29.7. The van der Waals surface area contributed by atoms with Crippen LogP contribution < -0.4 is 5.56 Å². The van der Waals surface area contributed by atoms with E-state index in [0.717, 1.165) is 34.5 Å². The molecule has 164 valence electrons. The Morgan fingerprint density at radius 3 is 2.82 bits per heavy atom. The number of hydrogen-bond donors (Lipinski definition) is 0. The average Bonchev–Trinajstić information content (AvgIpc) is 3.21. The van der Waals surface area contributed by atoms with Gasteiger partial charge in [-0.3, -0.25) is 9.36 Å². The summed E-state index contributed by atoms with van der Waals surface area (Å²) < 4.78 is 15.3. The van der Waals surface area contributed by atoms with E-state index in [-0.39, 0.29) is 10.6 Å². The van der Waals surface area contributed by atoms with Gasteiger partial charge in [-0.05, 0) is 73.3 Å². The third kappa shape index (κ3) is 3.53. The molecule has 0 spiro atoms. The summed E-state index contributed by atoms with van der Waals surface area (Å²) >= 11 is 9.10. The molecule has 0 unspecified atom stereocenters. The van der Waals surface area contributed by atoms with Crippen LogP contribution in [0, 0.1) is 5.82 Å². The molecule has 2 aromatic carbocycles. The third-order valence-corrected chi connectivity index (χ3v) is 8.26. The molecule has 0 N–H and O–H groups in total. The number of fused-ring (bicyclic) bond motifs is 4. The van der Waals surface area contributed by atoms with Gasteiger partial charge in [0.2, 0.25) is 0 Å². The van der Waals surface area contributed by atoms with Crippen molar-refractivity contribution < 1.29 is 4.39 Å². The highest BCUT2D eigenvalue weighted by Crippen LogP contribution is 2.41. The van der Waals surface area contributed by atoms with E-state index >= 15 is 0 Å². The molecular formula is C24H16ClFN4OS2. The average molecular weight is 495 g/mol. The second-order valence-electron chi connectivity index (χ2n) is 7.82. The quantitative estimate of drug-likeness (QED) is 0.220. The fourth-order valence-corrected chi connectivity index (χ4v) is 6.74. The van der Waals surface area contributed by atoms with E-state index in [9.17, 15) is 9.18 Å². The van der Waals surface area contributed by atoms with Gasteiger partial charge >= 0.3 is 0 Å². The van der Waals surface area contributed by atoms with Gasteiger partial charge in [0.1, 0.15) is 22.0 Å². The van der Waals surface area contributed by atoms with Gasteiger partial charge in [0, 0.05) is 10.3 Å². The molecule has 6 rings (SSSR count). The van der Waals surface area contributed by atoms with Crippen LogP contribution in [0.3, 0.4) is 0 Å². The molecule has 0 fully saturated rings. The molecule has 0 saturated carbocycles. The molecule has 0 amide bonds. The SMILES string of the molecule is O=c1c2ccccc2nc(Sc2ncnc3sc4c(c23)CCCC4)n1-c1ccc(F)c(Cl)c1. The summed E-state index contributed by atoms with van der Waals surface area (Å²) in [5.41, 5.74) is 2.10. The normalized spacial score (nSPS) is 13.5. The molecular weight excluding hydrogens is 479 g/mol. The highest BCUT2D eigenvalue weighted by atomic mass is 35.5. The highest BCUT2D eigenvalue weighted by molar-refractivity contribution is 7.99. The standard InChI is InChI=1S/C24H16ClFN4OS2/c25-16-11-13(9-10-17(16)26)30-23(31)14-5-1-3-7-18(14)29-24(30)33-22-20-15-6-2-4-8-19(15)32-21(20)27-12-28-22/h1,3,5,7,9-12H,2,4,6,8H2. The minimum Gasteiger partial charge on any atom is -0.268 e. The number of thiophene rings is 1. The van der Waals surface area contributed by atoms with Crippen LogP contribution in [0.5, 0.6) is 0 Å². The number of hydrogen-bond acceptors (Lipinski definition) is 6. The third-order valence-electron chi connectivity index (χ3n) is 5.81. The lowest BCUT2D eigenvalue weighted by atomic mass is 9.97. The van der Waals surface area contributed by atoms with Crippen LogP contribution in [0.1, 0.15) is 23.3 Å². The van der Waals surface area contributed by atoms with E-state index in [4.69, 9.17) is 16.6 Å². The van der Waals surface area contributed by atoms with Gasteiger partial charge in [-0.2, -0.15) is 0 Å². The molecule has 3 aromatic heterocycles. The molecule has 0 bridgehead atoms. The molecule has 5 aromatic rings. The molecule has 1 aliphatic rings. The lowest BCUT2D eigenvalue weighted by molar-refractivity contribution is 0.627. The molecule has 33 heavy (non-hydrogen) atoms. The van der Waals surface area contributed by atoms with Crippen molar-refractivity contribution in [2.75, 3.05) is 0 Å². The van der Waals surface area contributed by atoms with Crippen molar-refractivity contribution in [2.45, 2.75) is 35.9 Å². The number of rotatable bonds is 3. The largest absolute Gasteiger partial charge is 0.268 e. The molecule has 9 heteroatoms. The minimum atomic E-state index is -0.543. The molecule has 0 atom stereocenters. The van der Waals surface area contributed by atoms with Gasteiger partial charge in [0.15, 0.2) is 5.16 Å². The van der Waals surface area contributed by atoms with Gasteiger partial charge in [-0.1, -0.05) is 23.7 Å². The molecule has 0 saturated heterocycles. The number of benzene rings is 2. The first kappa shape index (κ1) is 20.8. The van der Waals surface area contributed by atoms with E-state index < -0.39 is 5.82 Å². The second-order valence-corrected chi connectivity index (χ2v) is 10.3. The highest BCUT2D eigenvalue weighted by Gasteiger charge is 2.22. The van der Waals surface area contributed by atoms with Crippen LogP contribution >= 0.6 is 34.7 Å². The number of nitrogens with zero attached hydrogens (tertiary/aromatic N) is 4. The Morgan fingerprint density at radius 1 is 1.09 bits per heavy atom. The van der Waals surface area contributed by atoms with Crippen LogP contribution in [0.25, 0.3) is 26.8 Å². The lowest BCUT2D eigenvalue weighted by Crippen LogP contribution is -2.21. The lowest BCUT2D eigenvalue weighted by Gasteiger charge is -2.14. The number of aromatic nitrogens is 4. The summed E-state index contributed by atoms with van der Waals surface area (Å²) in [6.45, 7) is 0. The smallest absolute Gasteiger partial charge is 0.266 e. The van der Waals surface area contributed by atoms with Crippen LogP contribution in [0.15, 0.2) is 63.8 Å². The zero-order valence-corrected chi connectivity index (χ0v) is 19.6. The minimum absolute atomic E-state index is 0.0557. The number of aryl methyl sites for hydroxylation is 2. The van der Waals surface area contributed by atoms with Crippen molar-refractivity contribution in [1.29, 1.82) is 0 Å². The molecule has 0 aliphatic heterocycles. The van der Waals surface area contributed by atoms with E-state index in [0.29, 0.717) is 21.7 Å². The van der Waals surface area contributed by atoms with Crippen molar-refractivity contribution >= 4 is 55.8 Å². The maximum absolute atomic E-state index is 13.9. The maximum Gasteiger partial charge on any atom is 0.266 e. The van der Waals surface area contributed by atoms with Crippen molar-refractivity contribution in [3.8, 4) is 5.69 Å². The summed E-state index contributed by atoms with van der Waals surface area (Å²) in [6.07, 6.45) is 5.96. The fourth-order valence-electron chi connectivity index (χ4n) is 4.26. The van der Waals surface area contributed by atoms with Gasteiger partial charge in [0.05, 0.1) is 21.6 Å². The zero-order valence-electron chi connectivity index (χ0n) is 17.2. The first-order valence-electron chi connectivity index (χ1n) is 10.5. The Labute approximate surface area is 201 Å². The Kier molecular flexibility index (Phi) is 5.16. The van der Waals surface area contributed by atoms with Crippen molar-refractivity contribution in [3.63, 3.8) is 0 Å². The van der Waals surface area contributed by atoms with Crippen molar-refractivity contribution in [2.24, 2.45) is 0 Å². The Balaban J connectivity index is 1.59. The van der Waals surface area contributed by atoms with Gasteiger partial charge in [0.25, 0.3) is 5.56 Å². The Bertz CT molecular complexity index is 1610. The van der Waals surface area contributed by atoms with Crippen LogP contribution in [0.4, 0.5) is 4.39 Å². The molecule has 5 nitrogen and oxygen atoms in total. The van der Waals surface area contributed by atoms with E-state index in [1.807, 2.05) is 12.1 Å². The van der Waals surface area contributed by atoms with E-state index in [2.05, 4.69) is 9.97 Å². The fraction of sp³-hybridized carbons (Fsp3) is 0.167. The van der Waals surface area contributed by atoms with E-state index in [1.54, 1.807) is 29.8 Å². The predicted octanol–water partition coefficient (Wildman–Crippen LogP) is 6.21. The first-order valence-corrected chi connectivity index (χ1v) is 12.5. The van der Waals surface area contributed by atoms with Crippen LogP contribution in [-0.2, 0) is 12.8 Å². The topological polar surface area (TPSA) is 60.7 Å². The number of para-hydroxylation sites is 1. The predicted molar refractivity (Wildman–Crippen MR) is 130 cm³/mol.